The van der Waals surface area contributed by atoms with Gasteiger partial charge in [0.1, 0.15) is 18.3 Å². The van der Waals surface area contributed by atoms with Crippen LogP contribution < -0.4 is 14.4 Å². The third-order valence-electron chi connectivity index (χ3n) is 7.48. The molecule has 0 aliphatic heterocycles. The van der Waals surface area contributed by atoms with Crippen molar-refractivity contribution in [2.75, 3.05) is 30.8 Å². The third kappa shape index (κ3) is 8.26. The van der Waals surface area contributed by atoms with Gasteiger partial charge in [-0.15, -0.1) is 11.8 Å². The van der Waals surface area contributed by atoms with Gasteiger partial charge >= 0.3 is 0 Å². The molecule has 4 aromatic carbocycles. The Labute approximate surface area is 270 Å². The SMILES string of the molecule is CCOc1ccccc1N(CC(=O)N(Cc1ccccc1C)[C@@H](Cc1ccccc1)C(=O)NC)S(=O)(=O)c1ccc(SC)cc1. The molecule has 4 rings (SSSR count). The number of hydrogen-bond donors (Lipinski definition) is 1. The first-order valence-corrected chi connectivity index (χ1v) is 17.3. The summed E-state index contributed by atoms with van der Waals surface area (Å²) in [6, 6.07) is 29.5. The standard InChI is InChI=1S/C35H39N3O5S2/c1-5-43-33-18-12-11-17-31(33)38(45(41,42)30-21-19-29(44-4)20-22-30)25-34(39)37(24-28-16-10-9-13-26(28)2)32(35(40)36-3)23-27-14-7-6-8-15-27/h6-22,32H,5,23-25H2,1-4H3,(H,36,40)/t32-/m0/s1. The Morgan fingerprint density at radius 1 is 0.889 bits per heavy atom. The smallest absolute Gasteiger partial charge is 0.264 e. The number of carbonyl (C=O) groups excluding carboxylic acids is 2. The van der Waals surface area contributed by atoms with Gasteiger partial charge in [-0.1, -0.05) is 66.7 Å². The zero-order valence-corrected chi connectivity index (χ0v) is 27.6. The fourth-order valence-electron chi connectivity index (χ4n) is 5.02. The van der Waals surface area contributed by atoms with E-state index in [9.17, 15) is 18.0 Å². The quantitative estimate of drug-likeness (QED) is 0.177. The van der Waals surface area contributed by atoms with Gasteiger partial charge in [0.25, 0.3) is 10.0 Å². The van der Waals surface area contributed by atoms with Crippen molar-refractivity contribution >= 4 is 39.3 Å². The van der Waals surface area contributed by atoms with Crippen LogP contribution in [0.5, 0.6) is 5.75 Å². The molecule has 0 unspecified atom stereocenters. The number of hydrogen-bond acceptors (Lipinski definition) is 6. The van der Waals surface area contributed by atoms with Crippen molar-refractivity contribution in [2.24, 2.45) is 0 Å². The van der Waals surface area contributed by atoms with Crippen molar-refractivity contribution in [3.63, 3.8) is 0 Å². The second-order valence-corrected chi connectivity index (χ2v) is 13.1. The van der Waals surface area contributed by atoms with Gasteiger partial charge in [-0.2, -0.15) is 0 Å². The summed E-state index contributed by atoms with van der Waals surface area (Å²) in [5, 5.41) is 2.71. The number of benzene rings is 4. The molecule has 0 aliphatic carbocycles. The van der Waals surface area contributed by atoms with Crippen molar-refractivity contribution in [2.45, 2.75) is 42.6 Å². The lowest BCUT2D eigenvalue weighted by Crippen LogP contribution is -2.53. The molecule has 10 heteroatoms. The molecule has 4 aromatic rings. The summed E-state index contributed by atoms with van der Waals surface area (Å²) >= 11 is 1.50. The molecule has 0 radical (unpaired) electrons. The normalized spacial score (nSPS) is 11.8. The van der Waals surface area contributed by atoms with Crippen LogP contribution in [0.2, 0.25) is 0 Å². The highest BCUT2D eigenvalue weighted by Crippen LogP contribution is 2.33. The first-order valence-electron chi connectivity index (χ1n) is 14.7. The number of likely N-dealkylation sites (N-methyl/N-ethyl adjacent to an activating group) is 1. The highest BCUT2D eigenvalue weighted by Gasteiger charge is 2.35. The molecule has 45 heavy (non-hydrogen) atoms. The lowest BCUT2D eigenvalue weighted by Gasteiger charge is -2.34. The number of nitrogens with zero attached hydrogens (tertiary/aromatic N) is 2. The second-order valence-electron chi connectivity index (χ2n) is 10.4. The highest BCUT2D eigenvalue weighted by atomic mass is 32.2. The molecule has 0 saturated heterocycles. The molecule has 0 aromatic heterocycles. The molecule has 0 fully saturated rings. The van der Waals surface area contributed by atoms with Crippen LogP contribution in [-0.2, 0) is 32.6 Å². The summed E-state index contributed by atoms with van der Waals surface area (Å²) in [6.45, 7) is 3.61. The lowest BCUT2D eigenvalue weighted by molar-refractivity contribution is -0.139. The van der Waals surface area contributed by atoms with Gasteiger partial charge < -0.3 is 15.0 Å². The Kier molecular flexibility index (Phi) is 11.7. The third-order valence-corrected chi connectivity index (χ3v) is 10.00. The zero-order valence-electron chi connectivity index (χ0n) is 26.0. The maximum Gasteiger partial charge on any atom is 0.264 e. The summed E-state index contributed by atoms with van der Waals surface area (Å²) in [6.07, 6.45) is 2.16. The first-order chi connectivity index (χ1) is 21.7. The number of rotatable bonds is 14. The van der Waals surface area contributed by atoms with E-state index in [-0.39, 0.29) is 29.5 Å². The number of sulfonamides is 1. The Morgan fingerprint density at radius 2 is 1.53 bits per heavy atom. The van der Waals surface area contributed by atoms with E-state index in [4.69, 9.17) is 4.74 Å². The number of amides is 2. The van der Waals surface area contributed by atoms with Gasteiger partial charge in [-0.05, 0) is 73.2 Å². The van der Waals surface area contributed by atoms with Crippen LogP contribution >= 0.6 is 11.8 Å². The minimum absolute atomic E-state index is 0.0389. The number of anilines is 1. The molecule has 2 amide bonds. The molecule has 1 N–H and O–H groups in total. The fraction of sp³-hybridized carbons (Fsp3) is 0.257. The van der Waals surface area contributed by atoms with E-state index in [2.05, 4.69) is 5.32 Å². The van der Waals surface area contributed by atoms with Crippen LogP contribution in [0.25, 0.3) is 0 Å². The van der Waals surface area contributed by atoms with Crippen LogP contribution in [0.3, 0.4) is 0 Å². The monoisotopic (exact) mass is 645 g/mol. The Balaban J connectivity index is 1.83. The predicted molar refractivity (Wildman–Crippen MR) is 180 cm³/mol. The van der Waals surface area contributed by atoms with E-state index in [0.29, 0.717) is 12.4 Å². The minimum Gasteiger partial charge on any atom is -0.492 e. The second kappa shape index (κ2) is 15.6. The average Bonchev–Trinajstić information content (AvgIpc) is 3.06. The zero-order chi connectivity index (χ0) is 32.4. The number of ether oxygens (including phenoxy) is 1. The number of nitrogens with one attached hydrogen (secondary N) is 1. The molecule has 0 aliphatic rings. The van der Waals surface area contributed by atoms with Crippen LogP contribution in [-0.4, -0.2) is 57.6 Å². The van der Waals surface area contributed by atoms with E-state index in [0.717, 1.165) is 25.9 Å². The molecule has 8 nitrogen and oxygen atoms in total. The maximum absolute atomic E-state index is 14.5. The molecule has 236 valence electrons. The van der Waals surface area contributed by atoms with Crippen LogP contribution in [0.1, 0.15) is 23.6 Å². The van der Waals surface area contributed by atoms with Crippen molar-refractivity contribution in [3.8, 4) is 5.75 Å². The topological polar surface area (TPSA) is 96.0 Å². The van der Waals surface area contributed by atoms with Crippen LogP contribution in [0.15, 0.2) is 113 Å². The van der Waals surface area contributed by atoms with E-state index in [1.807, 2.05) is 74.7 Å². The van der Waals surface area contributed by atoms with Gasteiger partial charge in [-0.3, -0.25) is 13.9 Å². The van der Waals surface area contributed by atoms with Gasteiger partial charge in [0, 0.05) is 24.9 Å². The molecule has 0 spiro atoms. The highest BCUT2D eigenvalue weighted by molar-refractivity contribution is 7.98. The van der Waals surface area contributed by atoms with Crippen molar-refractivity contribution in [3.05, 3.63) is 120 Å². The predicted octanol–water partition coefficient (Wildman–Crippen LogP) is 5.70. The van der Waals surface area contributed by atoms with Crippen molar-refractivity contribution in [1.29, 1.82) is 0 Å². The van der Waals surface area contributed by atoms with Gasteiger partial charge in [-0.25, -0.2) is 8.42 Å². The summed E-state index contributed by atoms with van der Waals surface area (Å²) < 4.78 is 35.6. The molecular formula is C35H39N3O5S2. The molecule has 0 saturated carbocycles. The lowest BCUT2D eigenvalue weighted by atomic mass is 10.0. The summed E-state index contributed by atoms with van der Waals surface area (Å²) in [4.78, 5) is 30.4. The minimum atomic E-state index is -4.24. The number of aryl methyl sites for hydroxylation is 1. The summed E-state index contributed by atoms with van der Waals surface area (Å²) in [5.41, 5.74) is 2.90. The van der Waals surface area contributed by atoms with E-state index in [1.165, 1.54) is 35.8 Å². The van der Waals surface area contributed by atoms with Gasteiger partial charge in [0.2, 0.25) is 11.8 Å². The molecular weight excluding hydrogens is 607 g/mol. The average molecular weight is 646 g/mol. The van der Waals surface area contributed by atoms with Gasteiger partial charge in [0.15, 0.2) is 0 Å². The summed E-state index contributed by atoms with van der Waals surface area (Å²) in [5.74, 6) is -0.550. The number of carbonyl (C=O) groups is 2. The van der Waals surface area contributed by atoms with E-state index in [1.54, 1.807) is 36.4 Å². The van der Waals surface area contributed by atoms with Crippen molar-refractivity contribution in [1.82, 2.24) is 10.2 Å². The van der Waals surface area contributed by atoms with Crippen LogP contribution in [0.4, 0.5) is 5.69 Å². The molecule has 0 heterocycles. The van der Waals surface area contributed by atoms with Gasteiger partial charge in [0.05, 0.1) is 17.2 Å². The van der Waals surface area contributed by atoms with Crippen LogP contribution in [0, 0.1) is 6.92 Å². The number of para-hydroxylation sites is 2. The molecule has 0 bridgehead atoms. The maximum atomic E-state index is 14.5. The Morgan fingerprint density at radius 3 is 2.18 bits per heavy atom. The Hall–Kier alpha value is -4.28. The van der Waals surface area contributed by atoms with E-state index >= 15 is 0 Å². The summed E-state index contributed by atoms with van der Waals surface area (Å²) in [7, 11) is -2.71. The number of thioether (sulfide) groups is 1. The van der Waals surface area contributed by atoms with Crippen molar-refractivity contribution < 1.29 is 22.7 Å². The Bertz CT molecular complexity index is 1700. The van der Waals surface area contributed by atoms with E-state index < -0.39 is 28.5 Å². The largest absolute Gasteiger partial charge is 0.492 e. The fourth-order valence-corrected chi connectivity index (χ4v) is 6.85. The molecule has 1 atom stereocenters. The first kappa shape index (κ1) is 33.6.